The van der Waals surface area contributed by atoms with E-state index in [-0.39, 0.29) is 122 Å². The van der Waals surface area contributed by atoms with Gasteiger partial charge < -0.3 is 94.7 Å². The Morgan fingerprint density at radius 1 is 0.250 bits per heavy atom. The quantitative estimate of drug-likeness (QED) is 0.0960. The fourth-order valence-corrected chi connectivity index (χ4v) is 9.21. The first-order chi connectivity index (χ1) is 33.5. The maximum absolute atomic E-state index is 5.74. The molecule has 0 N–H and O–H groups in total. The minimum atomic E-state index is 0.0000661. The van der Waals surface area contributed by atoms with Crippen LogP contribution in [0.2, 0.25) is 0 Å². The van der Waals surface area contributed by atoms with Crippen molar-refractivity contribution in [3.05, 3.63) is 50.6 Å². The van der Waals surface area contributed by atoms with Crippen LogP contribution in [-0.4, -0.2) is 254 Å². The molecule has 4 unspecified atom stereocenters. The van der Waals surface area contributed by atoms with Crippen molar-refractivity contribution in [1.82, 2.24) is 0 Å². The molecule has 12 aliphatic heterocycles. The van der Waals surface area contributed by atoms with E-state index in [9.17, 15) is 0 Å². The molecule has 20 atom stereocenters. The molecule has 0 aromatic rings. The molecule has 0 amide bonds. The molecule has 0 aromatic heterocycles. The Bertz CT molecular complexity index is 1340. The van der Waals surface area contributed by atoms with Gasteiger partial charge in [0.25, 0.3) is 0 Å². The summed E-state index contributed by atoms with van der Waals surface area (Å²) in [6.45, 7) is 27.1. The van der Waals surface area contributed by atoms with Crippen molar-refractivity contribution in [2.45, 2.75) is 122 Å². The largest absolute Gasteiger partial charge is 0.371 e. The molecular weight excluding hydrogens is 897 g/mol. The van der Waals surface area contributed by atoms with Gasteiger partial charge in [0.05, 0.1) is 132 Å². The summed E-state index contributed by atoms with van der Waals surface area (Å²) in [5.41, 5.74) is 0. The minimum Gasteiger partial charge on any atom is -0.371 e. The van der Waals surface area contributed by atoms with E-state index in [0.29, 0.717) is 106 Å². The summed E-state index contributed by atoms with van der Waals surface area (Å²) in [7, 11) is 0. The van der Waals surface area contributed by atoms with Gasteiger partial charge >= 0.3 is 0 Å². The lowest BCUT2D eigenvalue weighted by atomic mass is 10.1. The fraction of sp³-hybridized carbons (Fsp3) is 0.833. The Labute approximate surface area is 398 Å². The lowest BCUT2D eigenvalue weighted by Gasteiger charge is -2.16. The normalized spacial score (nSPS) is 43.6. The topological polar surface area (TPSA) is 198 Å². The molecule has 20 nitrogen and oxygen atoms in total. The van der Waals surface area contributed by atoms with Crippen molar-refractivity contribution < 1.29 is 94.7 Å². The van der Waals surface area contributed by atoms with Crippen LogP contribution in [0.4, 0.5) is 0 Å². The van der Waals surface area contributed by atoms with Crippen LogP contribution in [0.1, 0.15) is 0 Å². The molecule has 0 radical (unpaired) electrons. The Hall–Kier alpha value is -1.84. The van der Waals surface area contributed by atoms with Crippen molar-refractivity contribution in [3.8, 4) is 0 Å². The Morgan fingerprint density at radius 2 is 0.412 bits per heavy atom. The van der Waals surface area contributed by atoms with Crippen LogP contribution in [0.3, 0.4) is 0 Å². The van der Waals surface area contributed by atoms with E-state index in [4.69, 9.17) is 94.7 Å². The summed E-state index contributed by atoms with van der Waals surface area (Å²) in [5.74, 6) is 0. The van der Waals surface area contributed by atoms with E-state index >= 15 is 0 Å². The third-order valence-corrected chi connectivity index (χ3v) is 13.2. The molecule has 12 rings (SSSR count). The molecular formula is C48H72O20. The molecule has 68 heavy (non-hydrogen) atoms. The molecule has 384 valence electrons. The average molecular weight is 969 g/mol. The molecule has 0 spiro atoms. The monoisotopic (exact) mass is 968 g/mol. The molecule has 12 fully saturated rings. The van der Waals surface area contributed by atoms with Crippen LogP contribution in [0.25, 0.3) is 0 Å². The molecule has 12 saturated heterocycles. The van der Waals surface area contributed by atoms with Crippen LogP contribution >= 0.6 is 0 Å². The van der Waals surface area contributed by atoms with Crippen molar-refractivity contribution in [2.24, 2.45) is 0 Å². The zero-order valence-corrected chi connectivity index (χ0v) is 39.0. The first-order valence-electron chi connectivity index (χ1n) is 24.3. The van der Waals surface area contributed by atoms with Crippen molar-refractivity contribution >= 4 is 0 Å². The zero-order chi connectivity index (χ0) is 46.7. The highest BCUT2D eigenvalue weighted by Crippen LogP contribution is 2.34. The summed E-state index contributed by atoms with van der Waals surface area (Å²) < 4.78 is 111. The summed E-state index contributed by atoms with van der Waals surface area (Å²) in [5, 5.41) is 0. The summed E-state index contributed by atoms with van der Waals surface area (Å²) in [6, 6.07) is 0. The standard InChI is InChI=1S/4C12H18O5/c4*1-2-3-13-9-6-16-12-10(7-17-11(9)12)15-5-8-4-14-8/h4*2,8-12H,1,3-7H2/t8?,9-,10+,11+,12+;8?,9-,10+,11-,12-;8?,9-,10-,11+,12+;8?,9-,10-,11-,12-/m0101/s1. The highest BCUT2D eigenvalue weighted by molar-refractivity contribution is 5.00. The average Bonchev–Trinajstić information content (AvgIpc) is 4.34. The number of epoxide rings is 4. The molecule has 0 saturated carbocycles. The second-order valence-electron chi connectivity index (χ2n) is 18.3. The third kappa shape index (κ3) is 14.2. The van der Waals surface area contributed by atoms with Gasteiger partial charge in [-0.3, -0.25) is 0 Å². The number of hydrogen-bond donors (Lipinski definition) is 0. The molecule has 0 aliphatic carbocycles. The lowest BCUT2D eigenvalue weighted by Crippen LogP contribution is -2.34. The Kier molecular flexibility index (Phi) is 19.3. The van der Waals surface area contributed by atoms with E-state index in [2.05, 4.69) is 26.3 Å². The Morgan fingerprint density at radius 3 is 0.559 bits per heavy atom. The van der Waals surface area contributed by atoms with E-state index in [1.54, 1.807) is 24.3 Å². The van der Waals surface area contributed by atoms with Crippen LogP contribution in [0.15, 0.2) is 50.6 Å². The fourth-order valence-electron chi connectivity index (χ4n) is 9.21. The number of rotatable bonds is 24. The molecule has 0 aromatic carbocycles. The van der Waals surface area contributed by atoms with Gasteiger partial charge in [-0.2, -0.15) is 0 Å². The second kappa shape index (κ2) is 25.7. The molecule has 12 aliphatic rings. The van der Waals surface area contributed by atoms with Crippen molar-refractivity contribution in [3.63, 3.8) is 0 Å². The highest BCUT2D eigenvalue weighted by Gasteiger charge is 2.52. The first kappa shape index (κ1) is 51.1. The number of fused-ring (bicyclic) bond motifs is 4. The molecule has 12 heterocycles. The summed E-state index contributed by atoms with van der Waals surface area (Å²) in [4.78, 5) is 0. The van der Waals surface area contributed by atoms with Gasteiger partial charge in [-0.25, -0.2) is 0 Å². The van der Waals surface area contributed by atoms with Gasteiger partial charge in [-0.05, 0) is 0 Å². The van der Waals surface area contributed by atoms with E-state index < -0.39 is 0 Å². The molecule has 0 bridgehead atoms. The second-order valence-corrected chi connectivity index (χ2v) is 18.3. The molecule has 20 heteroatoms. The van der Waals surface area contributed by atoms with Crippen molar-refractivity contribution in [2.75, 3.05) is 132 Å². The maximum Gasteiger partial charge on any atom is 0.115 e. The maximum atomic E-state index is 5.74. The minimum absolute atomic E-state index is 0.0000661. The first-order valence-corrected chi connectivity index (χ1v) is 24.3. The van der Waals surface area contributed by atoms with Gasteiger partial charge in [0.1, 0.15) is 122 Å². The lowest BCUT2D eigenvalue weighted by molar-refractivity contribution is -0.0484. The summed E-state index contributed by atoms with van der Waals surface area (Å²) in [6.07, 6.45) is 8.16. The zero-order valence-electron chi connectivity index (χ0n) is 39.0. The van der Waals surface area contributed by atoms with Crippen LogP contribution < -0.4 is 0 Å². The van der Waals surface area contributed by atoms with Gasteiger partial charge in [-0.15, -0.1) is 26.3 Å². The number of hydrogen-bond acceptors (Lipinski definition) is 20. The van der Waals surface area contributed by atoms with Gasteiger partial charge in [0.2, 0.25) is 0 Å². The van der Waals surface area contributed by atoms with Crippen LogP contribution in [0.5, 0.6) is 0 Å². The predicted octanol–water partition coefficient (Wildman–Crippen LogP) is 0.557. The van der Waals surface area contributed by atoms with E-state index in [0.717, 1.165) is 26.4 Å². The third-order valence-electron chi connectivity index (χ3n) is 13.2. The van der Waals surface area contributed by atoms with Gasteiger partial charge in [0.15, 0.2) is 0 Å². The Balaban J connectivity index is 0.000000113. The number of ether oxygens (including phenoxy) is 20. The van der Waals surface area contributed by atoms with Crippen LogP contribution in [0, 0.1) is 0 Å². The summed E-state index contributed by atoms with van der Waals surface area (Å²) >= 11 is 0. The van der Waals surface area contributed by atoms with Gasteiger partial charge in [0, 0.05) is 0 Å². The van der Waals surface area contributed by atoms with Gasteiger partial charge in [-0.1, -0.05) is 24.3 Å². The van der Waals surface area contributed by atoms with Crippen molar-refractivity contribution in [1.29, 1.82) is 0 Å². The smallest absolute Gasteiger partial charge is 0.115 e. The highest BCUT2D eigenvalue weighted by atomic mass is 16.7. The predicted molar refractivity (Wildman–Crippen MR) is 236 cm³/mol. The van der Waals surface area contributed by atoms with E-state index in [1.165, 1.54) is 0 Å². The SMILES string of the molecule is C=CCO[C@@H]1CO[C@H]2[C@@H]1OC[C@@H]2OCC1CO1.C=CCO[C@@H]1CO[C@H]2[C@@H]1OC[C@H]2OCC1CO1.C=CCO[C@H]1CO[C@H]2[C@@H]1OC[C@@H]2OCC1CO1.C=CCO[C@H]1CO[C@H]2[C@@H]1OC[C@H]2OCC1CO1. The van der Waals surface area contributed by atoms with Crippen LogP contribution in [-0.2, 0) is 94.7 Å². The van der Waals surface area contributed by atoms with E-state index in [1.807, 2.05) is 0 Å².